The van der Waals surface area contributed by atoms with Crippen molar-refractivity contribution in [1.29, 1.82) is 0 Å². The van der Waals surface area contributed by atoms with Crippen molar-refractivity contribution in [2.45, 2.75) is 20.0 Å². The van der Waals surface area contributed by atoms with Crippen LogP contribution in [-0.4, -0.2) is 39.3 Å². The molecule has 0 spiro atoms. The number of fused-ring (bicyclic) bond motifs is 1. The van der Waals surface area contributed by atoms with Crippen molar-refractivity contribution in [3.63, 3.8) is 0 Å². The summed E-state index contributed by atoms with van der Waals surface area (Å²) in [6.07, 6.45) is 2.95. The number of nitrogens with one attached hydrogen (secondary N) is 1. The molecule has 0 aliphatic rings. The fourth-order valence-electron chi connectivity index (χ4n) is 3.83. The molecule has 0 atom stereocenters. The van der Waals surface area contributed by atoms with Crippen molar-refractivity contribution in [3.8, 4) is 33.9 Å². The molecular weight excluding hydrogens is 510 g/mol. The van der Waals surface area contributed by atoms with Crippen molar-refractivity contribution in [3.05, 3.63) is 77.6 Å². The first-order chi connectivity index (χ1) is 17.9. The van der Waals surface area contributed by atoms with Gasteiger partial charge in [-0.25, -0.2) is 9.97 Å². The molecule has 1 N–H and O–H groups in total. The Hall–Kier alpha value is -4.08. The molecule has 0 aliphatic heterocycles. The Balaban J connectivity index is 1.45. The predicted molar refractivity (Wildman–Crippen MR) is 146 cm³/mol. The largest absolute Gasteiger partial charge is 0.496 e. The van der Waals surface area contributed by atoms with Gasteiger partial charge in [-0.15, -0.1) is 0 Å². The number of carbonyl (C=O) groups is 1. The first-order valence-electron chi connectivity index (χ1n) is 11.4. The summed E-state index contributed by atoms with van der Waals surface area (Å²) >= 11 is 7.47. The fraction of sp³-hybridized carbons (Fsp3) is 0.148. The number of para-hydroxylation sites is 1. The Morgan fingerprint density at radius 1 is 0.946 bits per heavy atom. The number of pyridine rings is 1. The van der Waals surface area contributed by atoms with E-state index in [0.717, 1.165) is 16.8 Å². The van der Waals surface area contributed by atoms with Gasteiger partial charge in [0.1, 0.15) is 21.8 Å². The third-order valence-corrected chi connectivity index (χ3v) is 6.55. The van der Waals surface area contributed by atoms with E-state index < -0.39 is 0 Å². The van der Waals surface area contributed by atoms with Gasteiger partial charge in [0, 0.05) is 21.7 Å². The van der Waals surface area contributed by atoms with Gasteiger partial charge < -0.3 is 9.47 Å². The summed E-state index contributed by atoms with van der Waals surface area (Å²) in [6, 6.07) is 16.6. The van der Waals surface area contributed by atoms with Crippen molar-refractivity contribution < 1.29 is 14.3 Å². The average molecular weight is 532 g/mol. The number of hydrogen-bond acceptors (Lipinski definition) is 8. The van der Waals surface area contributed by atoms with E-state index in [1.807, 2.05) is 56.3 Å². The third-order valence-electron chi connectivity index (χ3n) is 5.43. The summed E-state index contributed by atoms with van der Waals surface area (Å²) in [4.78, 5) is 23.2. The molecule has 1 amide bonds. The number of benzene rings is 2. The minimum Gasteiger partial charge on any atom is -0.496 e. The number of ether oxygens (including phenoxy) is 2. The highest BCUT2D eigenvalue weighted by molar-refractivity contribution is 7.22. The highest BCUT2D eigenvalue weighted by Crippen LogP contribution is 2.35. The van der Waals surface area contributed by atoms with Gasteiger partial charge in [0.05, 0.1) is 36.9 Å². The maximum Gasteiger partial charge on any atom is 0.259 e. The standard InChI is InChI=1S/C27H22ClN5O3S/c1-15(2)36-24-12-16(28)8-9-18(24)21-10-11-22-26(31-21)37-27(32-22)33-25(34)20-14-30-29-13-19(20)17-6-4-5-7-23(17)35-3/h4-15H,1-3H3,(H,32,33,34). The van der Waals surface area contributed by atoms with Crippen LogP contribution in [0.5, 0.6) is 11.5 Å². The number of hydrogen-bond donors (Lipinski definition) is 1. The molecule has 0 radical (unpaired) electrons. The maximum absolute atomic E-state index is 13.2. The number of thiazole rings is 1. The van der Waals surface area contributed by atoms with E-state index in [2.05, 4.69) is 20.5 Å². The van der Waals surface area contributed by atoms with Crippen LogP contribution in [0.25, 0.3) is 32.7 Å². The highest BCUT2D eigenvalue weighted by Gasteiger charge is 2.19. The van der Waals surface area contributed by atoms with E-state index in [1.165, 1.54) is 17.5 Å². The normalized spacial score (nSPS) is 11.1. The number of nitrogens with zero attached hydrogens (tertiary/aromatic N) is 4. The molecule has 0 saturated heterocycles. The molecule has 37 heavy (non-hydrogen) atoms. The minimum atomic E-state index is -0.361. The van der Waals surface area contributed by atoms with E-state index in [9.17, 15) is 4.79 Å². The van der Waals surface area contributed by atoms with Gasteiger partial charge in [-0.1, -0.05) is 41.1 Å². The Labute approximate surface area is 222 Å². The van der Waals surface area contributed by atoms with Crippen LogP contribution in [0.2, 0.25) is 5.02 Å². The van der Waals surface area contributed by atoms with E-state index >= 15 is 0 Å². The second kappa shape index (κ2) is 10.5. The lowest BCUT2D eigenvalue weighted by atomic mass is 10.0. The van der Waals surface area contributed by atoms with Crippen molar-refractivity contribution in [2.24, 2.45) is 0 Å². The summed E-state index contributed by atoms with van der Waals surface area (Å²) < 4.78 is 11.4. The first kappa shape index (κ1) is 24.6. The molecule has 3 aromatic heterocycles. The Bertz CT molecular complexity index is 1600. The van der Waals surface area contributed by atoms with Crippen LogP contribution in [-0.2, 0) is 0 Å². The number of amides is 1. The summed E-state index contributed by atoms with van der Waals surface area (Å²) in [5.74, 6) is 0.922. The molecule has 5 aromatic rings. The molecule has 5 rings (SSSR count). The lowest BCUT2D eigenvalue weighted by molar-refractivity contribution is 0.102. The van der Waals surface area contributed by atoms with Gasteiger partial charge in [-0.05, 0) is 50.2 Å². The second-order valence-corrected chi connectivity index (χ2v) is 9.73. The average Bonchev–Trinajstić information content (AvgIpc) is 3.30. The van der Waals surface area contributed by atoms with Crippen molar-refractivity contribution in [1.82, 2.24) is 20.2 Å². The van der Waals surface area contributed by atoms with Gasteiger partial charge in [0.2, 0.25) is 0 Å². The zero-order valence-corrected chi connectivity index (χ0v) is 21.8. The Morgan fingerprint density at radius 2 is 1.76 bits per heavy atom. The lowest BCUT2D eigenvalue weighted by Gasteiger charge is -2.14. The fourth-order valence-corrected chi connectivity index (χ4v) is 4.82. The van der Waals surface area contributed by atoms with Crippen LogP contribution in [0.1, 0.15) is 24.2 Å². The number of halogens is 1. The van der Waals surface area contributed by atoms with Crippen LogP contribution in [0.4, 0.5) is 5.13 Å². The molecule has 186 valence electrons. The summed E-state index contributed by atoms with van der Waals surface area (Å²) in [5, 5.41) is 11.8. The summed E-state index contributed by atoms with van der Waals surface area (Å²) in [7, 11) is 1.58. The smallest absolute Gasteiger partial charge is 0.259 e. The van der Waals surface area contributed by atoms with E-state index in [1.54, 1.807) is 25.4 Å². The Morgan fingerprint density at radius 3 is 2.57 bits per heavy atom. The van der Waals surface area contributed by atoms with E-state index in [0.29, 0.717) is 43.1 Å². The highest BCUT2D eigenvalue weighted by atomic mass is 35.5. The quantitative estimate of drug-likeness (QED) is 0.255. The summed E-state index contributed by atoms with van der Waals surface area (Å²) in [5.41, 5.74) is 3.91. The van der Waals surface area contributed by atoms with Gasteiger partial charge in [-0.2, -0.15) is 10.2 Å². The monoisotopic (exact) mass is 531 g/mol. The van der Waals surface area contributed by atoms with Gasteiger partial charge >= 0.3 is 0 Å². The molecule has 0 bridgehead atoms. The molecule has 2 aromatic carbocycles. The van der Waals surface area contributed by atoms with Crippen LogP contribution < -0.4 is 14.8 Å². The van der Waals surface area contributed by atoms with Crippen LogP contribution in [0, 0.1) is 0 Å². The van der Waals surface area contributed by atoms with Crippen molar-refractivity contribution >= 4 is 44.3 Å². The SMILES string of the molecule is COc1ccccc1-c1cnncc1C(=O)Nc1nc2ccc(-c3ccc(Cl)cc3OC(C)C)nc2s1. The molecule has 0 unspecified atom stereocenters. The third kappa shape index (κ3) is 5.23. The number of aromatic nitrogens is 4. The van der Waals surface area contributed by atoms with E-state index in [4.69, 9.17) is 26.1 Å². The molecule has 0 fully saturated rings. The molecule has 0 aliphatic carbocycles. The molecule has 3 heterocycles. The number of carbonyl (C=O) groups excluding carboxylic acids is 1. The van der Waals surface area contributed by atoms with E-state index in [-0.39, 0.29) is 12.0 Å². The molecule has 0 saturated carbocycles. The van der Waals surface area contributed by atoms with Crippen LogP contribution in [0.3, 0.4) is 0 Å². The number of methoxy groups -OCH3 is 1. The maximum atomic E-state index is 13.2. The van der Waals surface area contributed by atoms with Gasteiger partial charge in [0.15, 0.2) is 5.13 Å². The molecular formula is C27H22ClN5O3S. The molecule has 8 nitrogen and oxygen atoms in total. The predicted octanol–water partition coefficient (Wildman–Crippen LogP) is 6.52. The van der Waals surface area contributed by atoms with Crippen LogP contribution >= 0.6 is 22.9 Å². The Kier molecular flexibility index (Phi) is 6.98. The number of anilines is 1. The zero-order chi connectivity index (χ0) is 25.9. The summed E-state index contributed by atoms with van der Waals surface area (Å²) in [6.45, 7) is 3.91. The van der Waals surface area contributed by atoms with Gasteiger partial charge in [-0.3, -0.25) is 10.1 Å². The van der Waals surface area contributed by atoms with Crippen molar-refractivity contribution in [2.75, 3.05) is 12.4 Å². The van der Waals surface area contributed by atoms with Gasteiger partial charge in [0.25, 0.3) is 5.91 Å². The first-order valence-corrected chi connectivity index (χ1v) is 12.6. The number of rotatable bonds is 7. The zero-order valence-electron chi connectivity index (χ0n) is 20.2. The minimum absolute atomic E-state index is 0.0189. The molecule has 10 heteroatoms. The topological polar surface area (TPSA) is 99.1 Å². The van der Waals surface area contributed by atoms with Crippen LogP contribution in [0.15, 0.2) is 67.0 Å². The lowest BCUT2D eigenvalue weighted by Crippen LogP contribution is -2.14. The second-order valence-electron chi connectivity index (χ2n) is 8.32.